The van der Waals surface area contributed by atoms with Crippen molar-refractivity contribution in [1.82, 2.24) is 5.32 Å². The van der Waals surface area contributed by atoms with E-state index in [0.717, 1.165) is 18.2 Å². The third-order valence-corrected chi connectivity index (χ3v) is 5.44. The van der Waals surface area contributed by atoms with Gasteiger partial charge in [0.2, 0.25) is 0 Å². The molecule has 0 aliphatic carbocycles. The number of hydrogen-bond donors (Lipinski definition) is 1. The summed E-state index contributed by atoms with van der Waals surface area (Å²) < 4.78 is 23.4. The summed E-state index contributed by atoms with van der Waals surface area (Å²) in [4.78, 5) is 12.3. The number of sulfone groups is 1. The molecule has 2 rings (SSSR count). The normalized spacial score (nSPS) is 12.6. The average molecular weight is 366 g/mol. The summed E-state index contributed by atoms with van der Waals surface area (Å²) in [5.74, 6) is -0.109. The fourth-order valence-corrected chi connectivity index (χ4v) is 3.77. The lowest BCUT2D eigenvalue weighted by atomic mass is 9.96. The van der Waals surface area contributed by atoms with Crippen molar-refractivity contribution >= 4 is 27.3 Å². The first kappa shape index (κ1) is 18.5. The topological polar surface area (TPSA) is 63.2 Å². The van der Waals surface area contributed by atoms with Crippen molar-refractivity contribution in [3.63, 3.8) is 0 Å². The number of carbonyl (C=O) groups excluding carboxylic acids is 1. The third kappa shape index (κ3) is 4.58. The average Bonchev–Trinajstić information content (AvgIpc) is 2.55. The van der Waals surface area contributed by atoms with Gasteiger partial charge in [-0.25, -0.2) is 8.42 Å². The van der Waals surface area contributed by atoms with Crippen LogP contribution in [0.25, 0.3) is 0 Å². The molecule has 0 saturated heterocycles. The molecular weight excluding hydrogens is 346 g/mol. The number of amides is 1. The van der Waals surface area contributed by atoms with Crippen LogP contribution < -0.4 is 5.32 Å². The summed E-state index contributed by atoms with van der Waals surface area (Å²) in [7, 11) is -3.48. The van der Waals surface area contributed by atoms with Gasteiger partial charge in [-0.05, 0) is 30.2 Å². The van der Waals surface area contributed by atoms with Gasteiger partial charge in [-0.2, -0.15) is 0 Å². The van der Waals surface area contributed by atoms with E-state index in [1.807, 2.05) is 30.3 Å². The van der Waals surface area contributed by atoms with Crippen LogP contribution in [-0.4, -0.2) is 27.1 Å². The van der Waals surface area contributed by atoms with E-state index in [2.05, 4.69) is 12.2 Å². The Morgan fingerprint density at radius 3 is 2.42 bits per heavy atom. The van der Waals surface area contributed by atoms with Gasteiger partial charge in [0.1, 0.15) is 0 Å². The van der Waals surface area contributed by atoms with E-state index in [1.165, 1.54) is 18.2 Å². The molecule has 0 aromatic heterocycles. The lowest BCUT2D eigenvalue weighted by molar-refractivity contribution is 0.0950. The molecule has 0 aliphatic rings. The standard InChI is InChI=1S/C18H20ClNO3S/c1-3-13(14-7-5-4-6-8-14)12-20-18(21)15-9-10-16(19)17(11-15)24(2,22)23/h4-11,13H,3,12H2,1-2H3,(H,20,21). The largest absolute Gasteiger partial charge is 0.351 e. The van der Waals surface area contributed by atoms with E-state index in [4.69, 9.17) is 11.6 Å². The maximum atomic E-state index is 12.3. The Hall–Kier alpha value is -1.85. The SMILES string of the molecule is CCC(CNC(=O)c1ccc(Cl)c(S(C)(=O)=O)c1)c1ccccc1. The zero-order valence-corrected chi connectivity index (χ0v) is 15.2. The molecule has 4 nitrogen and oxygen atoms in total. The van der Waals surface area contributed by atoms with Gasteiger partial charge in [-0.3, -0.25) is 4.79 Å². The number of carbonyl (C=O) groups is 1. The van der Waals surface area contributed by atoms with Crippen molar-refractivity contribution < 1.29 is 13.2 Å². The second-order valence-electron chi connectivity index (χ2n) is 5.64. The van der Waals surface area contributed by atoms with Gasteiger partial charge in [-0.1, -0.05) is 48.9 Å². The first-order valence-corrected chi connectivity index (χ1v) is 9.92. The van der Waals surface area contributed by atoms with Gasteiger partial charge in [-0.15, -0.1) is 0 Å². The van der Waals surface area contributed by atoms with Crippen LogP contribution in [0.2, 0.25) is 5.02 Å². The Labute approximate surface area is 147 Å². The molecule has 24 heavy (non-hydrogen) atoms. The summed E-state index contributed by atoms with van der Waals surface area (Å²) >= 11 is 5.90. The zero-order valence-electron chi connectivity index (χ0n) is 13.6. The minimum Gasteiger partial charge on any atom is -0.351 e. The first-order chi connectivity index (χ1) is 11.3. The molecule has 0 radical (unpaired) electrons. The van der Waals surface area contributed by atoms with Crippen molar-refractivity contribution in [3.8, 4) is 0 Å². The van der Waals surface area contributed by atoms with Crippen LogP contribution in [-0.2, 0) is 9.84 Å². The van der Waals surface area contributed by atoms with Crippen LogP contribution >= 0.6 is 11.6 Å². The lowest BCUT2D eigenvalue weighted by Crippen LogP contribution is -2.28. The zero-order chi connectivity index (χ0) is 17.7. The van der Waals surface area contributed by atoms with Crippen molar-refractivity contribution in [1.29, 1.82) is 0 Å². The Balaban J connectivity index is 2.13. The molecule has 0 fully saturated rings. The smallest absolute Gasteiger partial charge is 0.251 e. The molecule has 2 aromatic rings. The number of benzene rings is 2. The molecule has 0 aliphatic heterocycles. The Morgan fingerprint density at radius 1 is 1.17 bits per heavy atom. The first-order valence-electron chi connectivity index (χ1n) is 7.65. The molecule has 1 unspecified atom stereocenters. The van der Waals surface area contributed by atoms with E-state index in [0.29, 0.717) is 6.54 Å². The van der Waals surface area contributed by atoms with E-state index in [9.17, 15) is 13.2 Å². The number of rotatable bonds is 6. The van der Waals surface area contributed by atoms with Gasteiger partial charge in [0, 0.05) is 24.3 Å². The van der Waals surface area contributed by atoms with Gasteiger partial charge in [0.15, 0.2) is 9.84 Å². The molecule has 6 heteroatoms. The maximum Gasteiger partial charge on any atom is 0.251 e. The van der Waals surface area contributed by atoms with Crippen LogP contribution in [0.1, 0.15) is 35.2 Å². The number of halogens is 1. The summed E-state index contributed by atoms with van der Waals surface area (Å²) in [5.41, 5.74) is 1.44. The fourth-order valence-electron chi connectivity index (χ4n) is 2.47. The van der Waals surface area contributed by atoms with Gasteiger partial charge in [0.25, 0.3) is 5.91 Å². The molecule has 1 amide bonds. The maximum absolute atomic E-state index is 12.3. The fraction of sp³-hybridized carbons (Fsp3) is 0.278. The van der Waals surface area contributed by atoms with Gasteiger partial charge in [0.05, 0.1) is 9.92 Å². The Morgan fingerprint density at radius 2 is 1.83 bits per heavy atom. The van der Waals surface area contributed by atoms with Crippen LogP contribution in [0.4, 0.5) is 0 Å². The van der Waals surface area contributed by atoms with Gasteiger partial charge >= 0.3 is 0 Å². The third-order valence-electron chi connectivity index (χ3n) is 3.87. The van der Waals surface area contributed by atoms with Crippen molar-refractivity contribution in [3.05, 3.63) is 64.7 Å². The molecule has 0 saturated carbocycles. The summed E-state index contributed by atoms with van der Waals surface area (Å²) in [6.45, 7) is 2.55. The summed E-state index contributed by atoms with van der Waals surface area (Å²) in [6.07, 6.45) is 1.96. The van der Waals surface area contributed by atoms with E-state index >= 15 is 0 Å². The van der Waals surface area contributed by atoms with Gasteiger partial charge < -0.3 is 5.32 Å². The Kier molecular flexibility index (Phi) is 6.02. The molecule has 2 aromatic carbocycles. The monoisotopic (exact) mass is 365 g/mol. The van der Waals surface area contributed by atoms with Crippen molar-refractivity contribution in [2.75, 3.05) is 12.8 Å². The minimum absolute atomic E-state index is 0.0353. The molecular formula is C18H20ClNO3S. The van der Waals surface area contributed by atoms with E-state index in [1.54, 1.807) is 0 Å². The lowest BCUT2D eigenvalue weighted by Gasteiger charge is -2.16. The molecule has 128 valence electrons. The highest BCUT2D eigenvalue weighted by Crippen LogP contribution is 2.23. The van der Waals surface area contributed by atoms with Crippen LogP contribution in [0.3, 0.4) is 0 Å². The van der Waals surface area contributed by atoms with Crippen LogP contribution in [0, 0.1) is 0 Å². The molecule has 1 atom stereocenters. The second-order valence-corrected chi connectivity index (χ2v) is 8.03. The second kappa shape index (κ2) is 7.81. The summed E-state index contributed by atoms with van der Waals surface area (Å²) in [5, 5.41) is 2.99. The quantitative estimate of drug-likeness (QED) is 0.849. The molecule has 0 bridgehead atoms. The molecule has 0 heterocycles. The van der Waals surface area contributed by atoms with Crippen molar-refractivity contribution in [2.45, 2.75) is 24.2 Å². The van der Waals surface area contributed by atoms with Crippen molar-refractivity contribution in [2.24, 2.45) is 0 Å². The molecule has 1 N–H and O–H groups in total. The van der Waals surface area contributed by atoms with Crippen LogP contribution in [0.5, 0.6) is 0 Å². The highest BCUT2D eigenvalue weighted by molar-refractivity contribution is 7.90. The number of hydrogen-bond acceptors (Lipinski definition) is 3. The Bertz CT molecular complexity index is 819. The van der Waals surface area contributed by atoms with E-state index < -0.39 is 9.84 Å². The highest BCUT2D eigenvalue weighted by atomic mass is 35.5. The highest BCUT2D eigenvalue weighted by Gasteiger charge is 2.17. The minimum atomic E-state index is -3.48. The summed E-state index contributed by atoms with van der Waals surface area (Å²) in [6, 6.07) is 14.2. The number of nitrogens with one attached hydrogen (secondary N) is 1. The predicted molar refractivity (Wildman–Crippen MR) is 96.4 cm³/mol. The predicted octanol–water partition coefficient (Wildman–Crippen LogP) is 3.67. The molecule has 0 spiro atoms. The van der Waals surface area contributed by atoms with E-state index in [-0.39, 0.29) is 27.3 Å². The van der Waals surface area contributed by atoms with Crippen LogP contribution in [0.15, 0.2) is 53.4 Å².